The molecule has 0 aliphatic carbocycles. The summed E-state index contributed by atoms with van der Waals surface area (Å²) in [6.45, 7) is 4.60. The zero-order valence-electron chi connectivity index (χ0n) is 14.6. The minimum atomic E-state index is -0.265. The smallest absolute Gasteiger partial charge is 0.267 e. The quantitative estimate of drug-likeness (QED) is 0.548. The number of aryl methyl sites for hydroxylation is 2. The van der Waals surface area contributed by atoms with Crippen LogP contribution in [0.3, 0.4) is 0 Å². The fourth-order valence-corrected chi connectivity index (χ4v) is 2.83. The highest BCUT2D eigenvalue weighted by Gasteiger charge is 2.07. The molecule has 0 saturated heterocycles. The average Bonchev–Trinajstić information content (AvgIpc) is 2.92. The Balaban J connectivity index is 1.67. The molecule has 0 unspecified atom stereocenters. The predicted octanol–water partition coefficient (Wildman–Crippen LogP) is 3.97. The molecule has 0 atom stereocenters. The molecule has 0 fully saturated rings. The third-order valence-electron chi connectivity index (χ3n) is 3.85. The molecule has 1 heterocycles. The van der Waals surface area contributed by atoms with E-state index in [1.165, 1.54) is 0 Å². The van der Waals surface area contributed by atoms with E-state index >= 15 is 0 Å². The van der Waals surface area contributed by atoms with Crippen molar-refractivity contribution in [3.63, 3.8) is 0 Å². The summed E-state index contributed by atoms with van der Waals surface area (Å²) in [7, 11) is 0. The summed E-state index contributed by atoms with van der Waals surface area (Å²) >= 11 is 5.92. The maximum Gasteiger partial charge on any atom is 0.271 e. The molecule has 1 aromatic heterocycles. The highest BCUT2D eigenvalue weighted by atomic mass is 35.5. The van der Waals surface area contributed by atoms with Gasteiger partial charge in [-0.1, -0.05) is 35.9 Å². The lowest BCUT2D eigenvalue weighted by molar-refractivity contribution is 0.0955. The molecule has 5 nitrogen and oxygen atoms in total. The Morgan fingerprint density at radius 2 is 2.00 bits per heavy atom. The van der Waals surface area contributed by atoms with Gasteiger partial charge in [0, 0.05) is 16.3 Å². The fraction of sp³-hybridized carbons (Fsp3) is 0.150. The third-order valence-corrected chi connectivity index (χ3v) is 4.09. The molecule has 2 aromatic carbocycles. The molecule has 0 bridgehead atoms. The molecule has 132 valence electrons. The van der Waals surface area contributed by atoms with Crippen molar-refractivity contribution in [3.05, 3.63) is 87.7 Å². The van der Waals surface area contributed by atoms with Gasteiger partial charge in [0.25, 0.3) is 5.91 Å². The molecule has 26 heavy (non-hydrogen) atoms. The molecule has 0 saturated carbocycles. The second kappa shape index (κ2) is 7.97. The number of nitrogens with one attached hydrogen (secondary N) is 1. The van der Waals surface area contributed by atoms with Gasteiger partial charge in [-0.25, -0.2) is 5.43 Å². The van der Waals surface area contributed by atoms with E-state index in [0.29, 0.717) is 17.1 Å². The van der Waals surface area contributed by atoms with E-state index in [4.69, 9.17) is 11.6 Å². The number of hydrogen-bond acceptors (Lipinski definition) is 3. The second-order valence-corrected chi connectivity index (χ2v) is 6.48. The van der Waals surface area contributed by atoms with Gasteiger partial charge in [-0.05, 0) is 55.3 Å². The summed E-state index contributed by atoms with van der Waals surface area (Å²) < 4.78 is 1.92. The maximum atomic E-state index is 12.3. The van der Waals surface area contributed by atoms with Crippen LogP contribution in [-0.4, -0.2) is 21.9 Å². The standard InChI is InChI=1S/C20H19ClN4O/c1-14-9-15(2)25(24-14)13-17-6-3-7-18(10-17)20(26)23-22-12-16-5-4-8-19(21)11-16/h3-12H,13H2,1-2H3,(H,23,26). The molecule has 0 spiro atoms. The van der Waals surface area contributed by atoms with Crippen LogP contribution in [0.4, 0.5) is 0 Å². The topological polar surface area (TPSA) is 59.3 Å². The Labute approximate surface area is 157 Å². The Bertz CT molecular complexity index is 962. The fourth-order valence-electron chi connectivity index (χ4n) is 2.64. The number of halogens is 1. The first kappa shape index (κ1) is 17.9. The summed E-state index contributed by atoms with van der Waals surface area (Å²) in [4.78, 5) is 12.3. The van der Waals surface area contributed by atoms with Crippen molar-refractivity contribution < 1.29 is 4.79 Å². The number of benzene rings is 2. The summed E-state index contributed by atoms with van der Waals surface area (Å²) in [5, 5.41) is 9.06. The molecule has 1 amide bonds. The Morgan fingerprint density at radius 3 is 2.73 bits per heavy atom. The molecule has 3 rings (SSSR count). The highest BCUT2D eigenvalue weighted by molar-refractivity contribution is 6.30. The summed E-state index contributed by atoms with van der Waals surface area (Å²) in [6, 6.07) is 16.7. The number of aromatic nitrogens is 2. The summed E-state index contributed by atoms with van der Waals surface area (Å²) in [5.74, 6) is -0.265. The number of amides is 1. The van der Waals surface area contributed by atoms with Gasteiger partial charge >= 0.3 is 0 Å². The van der Waals surface area contributed by atoms with Gasteiger partial charge in [0.2, 0.25) is 0 Å². The van der Waals surface area contributed by atoms with Crippen molar-refractivity contribution in [2.45, 2.75) is 20.4 Å². The molecule has 0 aliphatic rings. The van der Waals surface area contributed by atoms with Crippen LogP contribution < -0.4 is 5.43 Å². The Morgan fingerprint density at radius 1 is 1.19 bits per heavy atom. The van der Waals surface area contributed by atoms with Crippen molar-refractivity contribution in [1.29, 1.82) is 0 Å². The van der Waals surface area contributed by atoms with Gasteiger partial charge < -0.3 is 0 Å². The van der Waals surface area contributed by atoms with E-state index in [1.54, 1.807) is 24.4 Å². The van der Waals surface area contributed by atoms with E-state index in [1.807, 2.05) is 54.9 Å². The normalized spacial score (nSPS) is 11.0. The van der Waals surface area contributed by atoms with Gasteiger partial charge in [-0.3, -0.25) is 9.48 Å². The van der Waals surface area contributed by atoms with Crippen LogP contribution in [0.25, 0.3) is 0 Å². The lowest BCUT2D eigenvalue weighted by Gasteiger charge is -2.06. The van der Waals surface area contributed by atoms with E-state index in [9.17, 15) is 4.79 Å². The number of hydrogen-bond donors (Lipinski definition) is 1. The van der Waals surface area contributed by atoms with E-state index in [2.05, 4.69) is 15.6 Å². The third kappa shape index (κ3) is 4.58. The largest absolute Gasteiger partial charge is 0.271 e. The van der Waals surface area contributed by atoms with Gasteiger partial charge in [0.05, 0.1) is 18.5 Å². The van der Waals surface area contributed by atoms with E-state index in [-0.39, 0.29) is 5.91 Å². The Hall–Kier alpha value is -2.92. The van der Waals surface area contributed by atoms with Gasteiger partial charge in [0.15, 0.2) is 0 Å². The average molecular weight is 367 g/mol. The lowest BCUT2D eigenvalue weighted by Crippen LogP contribution is -2.18. The number of nitrogens with zero attached hydrogens (tertiary/aromatic N) is 3. The Kier molecular flexibility index (Phi) is 5.49. The van der Waals surface area contributed by atoms with Crippen molar-refractivity contribution >= 4 is 23.7 Å². The van der Waals surface area contributed by atoms with Crippen molar-refractivity contribution in [2.75, 3.05) is 0 Å². The molecule has 1 N–H and O–H groups in total. The zero-order chi connectivity index (χ0) is 18.5. The van der Waals surface area contributed by atoms with Gasteiger partial charge in [-0.2, -0.15) is 10.2 Å². The van der Waals surface area contributed by atoms with E-state index in [0.717, 1.165) is 22.5 Å². The molecule has 0 aliphatic heterocycles. The first-order valence-corrected chi connectivity index (χ1v) is 8.58. The molecular formula is C20H19ClN4O. The number of hydrazone groups is 1. The van der Waals surface area contributed by atoms with Gasteiger partial charge in [0.1, 0.15) is 0 Å². The van der Waals surface area contributed by atoms with Crippen molar-refractivity contribution in [3.8, 4) is 0 Å². The van der Waals surface area contributed by atoms with Crippen LogP contribution in [0.15, 0.2) is 59.7 Å². The molecule has 0 radical (unpaired) electrons. The molecule has 6 heteroatoms. The molecular weight excluding hydrogens is 348 g/mol. The van der Waals surface area contributed by atoms with Crippen LogP contribution in [0.2, 0.25) is 5.02 Å². The van der Waals surface area contributed by atoms with E-state index < -0.39 is 0 Å². The van der Waals surface area contributed by atoms with Crippen LogP contribution in [0.1, 0.15) is 32.9 Å². The minimum absolute atomic E-state index is 0.265. The monoisotopic (exact) mass is 366 g/mol. The van der Waals surface area contributed by atoms with Crippen LogP contribution >= 0.6 is 11.6 Å². The maximum absolute atomic E-state index is 12.3. The van der Waals surface area contributed by atoms with Crippen LogP contribution in [0, 0.1) is 13.8 Å². The highest BCUT2D eigenvalue weighted by Crippen LogP contribution is 2.11. The minimum Gasteiger partial charge on any atom is -0.267 e. The number of rotatable bonds is 5. The van der Waals surface area contributed by atoms with Crippen molar-refractivity contribution in [1.82, 2.24) is 15.2 Å². The SMILES string of the molecule is Cc1cc(C)n(Cc2cccc(C(=O)NN=Cc3cccc(Cl)c3)c2)n1. The summed E-state index contributed by atoms with van der Waals surface area (Å²) in [6.07, 6.45) is 1.56. The molecule has 3 aromatic rings. The summed E-state index contributed by atoms with van der Waals surface area (Å²) in [5.41, 5.74) is 6.97. The second-order valence-electron chi connectivity index (χ2n) is 6.04. The number of carbonyl (C=O) groups excluding carboxylic acids is 1. The van der Waals surface area contributed by atoms with Crippen LogP contribution in [-0.2, 0) is 6.54 Å². The predicted molar refractivity (Wildman–Crippen MR) is 104 cm³/mol. The first-order valence-electron chi connectivity index (χ1n) is 8.20. The zero-order valence-corrected chi connectivity index (χ0v) is 15.4. The lowest BCUT2D eigenvalue weighted by atomic mass is 10.1. The number of carbonyl (C=O) groups is 1. The van der Waals surface area contributed by atoms with Crippen LogP contribution in [0.5, 0.6) is 0 Å². The first-order chi connectivity index (χ1) is 12.5. The van der Waals surface area contributed by atoms with Gasteiger partial charge in [-0.15, -0.1) is 0 Å². The van der Waals surface area contributed by atoms with Crippen molar-refractivity contribution in [2.24, 2.45) is 5.10 Å².